The summed E-state index contributed by atoms with van der Waals surface area (Å²) < 4.78 is 41.2. The smallest absolute Gasteiger partial charge is 0.341 e. The number of carbonyl (C=O) groups excluding carboxylic acids is 2. The third-order valence-electron chi connectivity index (χ3n) is 3.19. The van der Waals surface area contributed by atoms with E-state index >= 15 is 0 Å². The lowest BCUT2D eigenvalue weighted by atomic mass is 10.1. The van der Waals surface area contributed by atoms with Crippen molar-refractivity contribution in [1.29, 1.82) is 0 Å². The van der Waals surface area contributed by atoms with Crippen LogP contribution in [0.5, 0.6) is 11.5 Å². The predicted octanol–water partition coefficient (Wildman–Crippen LogP) is 3.02. The Bertz CT molecular complexity index is 774. The molecule has 0 bridgehead atoms. The Balaban J connectivity index is 2.11. The minimum atomic E-state index is -1.07. The van der Waals surface area contributed by atoms with Crippen molar-refractivity contribution < 1.29 is 32.6 Å². The number of ether oxygens (including phenoxy) is 3. The van der Waals surface area contributed by atoms with Crippen LogP contribution in [0.15, 0.2) is 36.4 Å². The lowest BCUT2D eigenvalue weighted by molar-refractivity contribution is 0.0469. The Kier molecular flexibility index (Phi) is 5.47. The summed E-state index contributed by atoms with van der Waals surface area (Å²) in [5, 5.41) is 0. The van der Waals surface area contributed by atoms with Crippen molar-refractivity contribution in [2.24, 2.45) is 0 Å². The highest BCUT2D eigenvalue weighted by Gasteiger charge is 2.18. The van der Waals surface area contributed by atoms with Crippen molar-refractivity contribution in [2.45, 2.75) is 0 Å². The highest BCUT2D eigenvalue weighted by Crippen LogP contribution is 2.24. The number of carbonyl (C=O) groups is 2. The molecule has 7 heteroatoms. The number of hydrogen-bond acceptors (Lipinski definition) is 5. The predicted molar refractivity (Wildman–Crippen MR) is 80.5 cm³/mol. The average molecular weight is 336 g/mol. The zero-order chi connectivity index (χ0) is 17.7. The monoisotopic (exact) mass is 336 g/mol. The van der Waals surface area contributed by atoms with E-state index in [4.69, 9.17) is 14.2 Å². The topological polar surface area (TPSA) is 61.8 Å². The molecule has 2 rings (SSSR count). The van der Waals surface area contributed by atoms with Gasteiger partial charge in [0.2, 0.25) is 5.78 Å². The molecule has 0 unspecified atom stereocenters. The number of Topliss-reactive ketones (excluding diaryl/α,β-unsaturated/α-hetero) is 1. The third-order valence-corrected chi connectivity index (χ3v) is 3.19. The molecule has 24 heavy (non-hydrogen) atoms. The molecule has 0 amide bonds. The van der Waals surface area contributed by atoms with Crippen LogP contribution >= 0.6 is 0 Å². The molecule has 0 aromatic heterocycles. The van der Waals surface area contributed by atoms with Crippen molar-refractivity contribution >= 4 is 11.8 Å². The SMILES string of the molecule is COc1ccc(OC)c(C(=O)COC(=O)c2ccc(F)cc2F)c1. The Labute approximate surface area is 136 Å². The van der Waals surface area contributed by atoms with Crippen LogP contribution in [0.4, 0.5) is 8.78 Å². The molecule has 0 radical (unpaired) electrons. The molecule has 0 aliphatic rings. The standard InChI is InChI=1S/C17H14F2O5/c1-22-11-4-6-16(23-2)13(8-11)15(20)9-24-17(21)12-5-3-10(18)7-14(12)19/h3-8H,9H2,1-2H3. The van der Waals surface area contributed by atoms with E-state index in [-0.39, 0.29) is 11.3 Å². The van der Waals surface area contributed by atoms with Crippen molar-refractivity contribution in [3.8, 4) is 11.5 Å². The number of halogens is 2. The average Bonchev–Trinajstić information content (AvgIpc) is 2.58. The van der Waals surface area contributed by atoms with Crippen molar-refractivity contribution in [1.82, 2.24) is 0 Å². The molecular formula is C17H14F2O5. The number of hydrogen-bond donors (Lipinski definition) is 0. The van der Waals surface area contributed by atoms with Crippen molar-refractivity contribution in [3.63, 3.8) is 0 Å². The van der Waals surface area contributed by atoms with Gasteiger partial charge in [-0.3, -0.25) is 4.79 Å². The highest BCUT2D eigenvalue weighted by atomic mass is 19.1. The maximum Gasteiger partial charge on any atom is 0.341 e. The second-order valence-electron chi connectivity index (χ2n) is 4.69. The fraction of sp³-hybridized carbons (Fsp3) is 0.176. The van der Waals surface area contributed by atoms with E-state index in [0.717, 1.165) is 12.1 Å². The number of methoxy groups -OCH3 is 2. The van der Waals surface area contributed by atoms with Gasteiger partial charge in [-0.1, -0.05) is 0 Å². The molecule has 0 spiro atoms. The normalized spacial score (nSPS) is 10.2. The summed E-state index contributed by atoms with van der Waals surface area (Å²) in [5.41, 5.74) is -0.300. The van der Waals surface area contributed by atoms with Gasteiger partial charge in [0, 0.05) is 6.07 Å². The number of rotatable bonds is 6. The van der Waals surface area contributed by atoms with Gasteiger partial charge in [-0.25, -0.2) is 13.6 Å². The van der Waals surface area contributed by atoms with E-state index in [2.05, 4.69) is 0 Å². The van der Waals surface area contributed by atoms with Crippen LogP contribution in [0.2, 0.25) is 0 Å². The van der Waals surface area contributed by atoms with Crippen molar-refractivity contribution in [3.05, 3.63) is 59.2 Å². The first kappa shape index (κ1) is 17.4. The van der Waals surface area contributed by atoms with E-state index < -0.39 is 35.6 Å². The maximum atomic E-state index is 13.5. The Morgan fingerprint density at radius 1 is 0.958 bits per heavy atom. The zero-order valence-corrected chi connectivity index (χ0v) is 13.0. The minimum absolute atomic E-state index is 0.157. The first-order valence-electron chi connectivity index (χ1n) is 6.83. The quantitative estimate of drug-likeness (QED) is 0.599. The van der Waals surface area contributed by atoms with Crippen LogP contribution in [0.3, 0.4) is 0 Å². The second kappa shape index (κ2) is 7.54. The summed E-state index contributed by atoms with van der Waals surface area (Å²) >= 11 is 0. The molecule has 2 aromatic rings. The number of ketones is 1. The number of benzene rings is 2. The van der Waals surface area contributed by atoms with Crippen LogP contribution in [-0.2, 0) is 4.74 Å². The van der Waals surface area contributed by atoms with Crippen LogP contribution in [0.1, 0.15) is 20.7 Å². The molecule has 0 heterocycles. The van der Waals surface area contributed by atoms with Gasteiger partial charge in [0.1, 0.15) is 23.1 Å². The first-order valence-corrected chi connectivity index (χ1v) is 6.83. The van der Waals surface area contributed by atoms with Gasteiger partial charge >= 0.3 is 5.97 Å². The zero-order valence-electron chi connectivity index (χ0n) is 13.0. The van der Waals surface area contributed by atoms with Crippen molar-refractivity contribution in [2.75, 3.05) is 20.8 Å². The van der Waals surface area contributed by atoms with Gasteiger partial charge in [-0.05, 0) is 30.3 Å². The van der Waals surface area contributed by atoms with Gasteiger partial charge in [0.25, 0.3) is 0 Å². The molecule has 0 fully saturated rings. The summed E-state index contributed by atoms with van der Waals surface area (Å²) in [6, 6.07) is 7.01. The highest BCUT2D eigenvalue weighted by molar-refractivity contribution is 6.01. The summed E-state index contributed by atoms with van der Waals surface area (Å²) in [6.07, 6.45) is 0. The molecule has 5 nitrogen and oxygen atoms in total. The number of esters is 1. The first-order chi connectivity index (χ1) is 11.5. The molecule has 126 valence electrons. The molecule has 0 saturated carbocycles. The van der Waals surface area contributed by atoms with E-state index in [1.807, 2.05) is 0 Å². The van der Waals surface area contributed by atoms with E-state index in [1.165, 1.54) is 26.4 Å². The Morgan fingerprint density at radius 3 is 2.33 bits per heavy atom. The van der Waals surface area contributed by atoms with Crippen LogP contribution in [0.25, 0.3) is 0 Å². The molecule has 0 aliphatic carbocycles. The van der Waals surface area contributed by atoms with E-state index in [1.54, 1.807) is 6.07 Å². The fourth-order valence-corrected chi connectivity index (χ4v) is 1.97. The van der Waals surface area contributed by atoms with Gasteiger partial charge < -0.3 is 14.2 Å². The van der Waals surface area contributed by atoms with Gasteiger partial charge in [-0.15, -0.1) is 0 Å². The molecule has 0 N–H and O–H groups in total. The van der Waals surface area contributed by atoms with Gasteiger partial charge in [-0.2, -0.15) is 0 Å². The van der Waals surface area contributed by atoms with Gasteiger partial charge in [0.05, 0.1) is 25.3 Å². The minimum Gasteiger partial charge on any atom is -0.497 e. The van der Waals surface area contributed by atoms with Crippen LogP contribution in [-0.4, -0.2) is 32.6 Å². The molecule has 0 atom stereocenters. The summed E-state index contributed by atoms with van der Waals surface area (Å²) in [4.78, 5) is 24.0. The summed E-state index contributed by atoms with van der Waals surface area (Å²) in [7, 11) is 2.83. The van der Waals surface area contributed by atoms with Crippen LogP contribution < -0.4 is 9.47 Å². The molecular weight excluding hydrogens is 322 g/mol. The largest absolute Gasteiger partial charge is 0.497 e. The van der Waals surface area contributed by atoms with Gasteiger partial charge in [0.15, 0.2) is 6.61 Å². The third kappa shape index (κ3) is 3.87. The molecule has 2 aromatic carbocycles. The molecule has 0 aliphatic heterocycles. The Hall–Kier alpha value is -2.96. The summed E-state index contributed by atoms with van der Waals surface area (Å²) in [5.74, 6) is -2.79. The second-order valence-corrected chi connectivity index (χ2v) is 4.69. The van der Waals surface area contributed by atoms with Crippen LogP contribution in [0, 0.1) is 11.6 Å². The lowest BCUT2D eigenvalue weighted by Gasteiger charge is -2.10. The Morgan fingerprint density at radius 2 is 1.71 bits per heavy atom. The maximum absolute atomic E-state index is 13.5. The summed E-state index contributed by atoms with van der Waals surface area (Å²) in [6.45, 7) is -0.626. The fourth-order valence-electron chi connectivity index (χ4n) is 1.97. The van der Waals surface area contributed by atoms with E-state index in [0.29, 0.717) is 11.8 Å². The lowest BCUT2D eigenvalue weighted by Crippen LogP contribution is -2.16. The molecule has 0 saturated heterocycles. The van der Waals surface area contributed by atoms with E-state index in [9.17, 15) is 18.4 Å².